The largest absolute Gasteiger partial charge is 0.508 e. The molecule has 18 heavy (non-hydrogen) atoms. The molecule has 0 aliphatic heterocycles. The molecule has 0 saturated carbocycles. The van der Waals surface area contributed by atoms with Crippen LogP contribution in [0.3, 0.4) is 0 Å². The molecular weight excluding hydrogens is 232 g/mol. The van der Waals surface area contributed by atoms with E-state index in [4.69, 9.17) is 5.11 Å². The Morgan fingerprint density at radius 3 is 2.39 bits per heavy atom. The molecule has 0 unspecified atom stereocenters. The van der Waals surface area contributed by atoms with E-state index in [1.807, 2.05) is 6.07 Å². The third-order valence-electron chi connectivity index (χ3n) is 2.24. The Balaban J connectivity index is 2.36. The van der Waals surface area contributed by atoms with Crippen LogP contribution in [0.4, 0.5) is 11.4 Å². The van der Waals surface area contributed by atoms with Crippen molar-refractivity contribution in [3.63, 3.8) is 0 Å². The second-order valence-corrected chi connectivity index (χ2v) is 3.54. The molecular formula is C13H10N2O3. The van der Waals surface area contributed by atoms with Crippen molar-refractivity contribution in [2.24, 2.45) is 10.2 Å². The molecule has 0 bridgehead atoms. The van der Waals surface area contributed by atoms with E-state index in [0.29, 0.717) is 5.69 Å². The lowest BCUT2D eigenvalue weighted by Crippen LogP contribution is -1.95. The van der Waals surface area contributed by atoms with Crippen molar-refractivity contribution in [1.82, 2.24) is 0 Å². The SMILES string of the molecule is O=C(O)c1ccc(O)cc1N=Nc1ccccc1. The van der Waals surface area contributed by atoms with Gasteiger partial charge in [-0.1, -0.05) is 18.2 Å². The number of benzene rings is 2. The average molecular weight is 242 g/mol. The number of hydrogen-bond acceptors (Lipinski definition) is 4. The summed E-state index contributed by atoms with van der Waals surface area (Å²) in [6.45, 7) is 0. The van der Waals surface area contributed by atoms with Gasteiger partial charge in [-0.3, -0.25) is 0 Å². The molecule has 0 aromatic heterocycles. The van der Waals surface area contributed by atoms with Crippen molar-refractivity contribution < 1.29 is 15.0 Å². The summed E-state index contributed by atoms with van der Waals surface area (Å²) < 4.78 is 0. The number of carbonyl (C=O) groups is 1. The van der Waals surface area contributed by atoms with Gasteiger partial charge >= 0.3 is 5.97 Å². The van der Waals surface area contributed by atoms with Gasteiger partial charge in [-0.05, 0) is 24.3 Å². The van der Waals surface area contributed by atoms with E-state index in [-0.39, 0.29) is 17.0 Å². The van der Waals surface area contributed by atoms with Crippen molar-refractivity contribution in [3.05, 3.63) is 54.1 Å². The van der Waals surface area contributed by atoms with E-state index >= 15 is 0 Å². The molecule has 2 rings (SSSR count). The molecule has 2 N–H and O–H groups in total. The molecule has 0 heterocycles. The highest BCUT2D eigenvalue weighted by Crippen LogP contribution is 2.26. The highest BCUT2D eigenvalue weighted by Gasteiger charge is 2.10. The lowest BCUT2D eigenvalue weighted by Gasteiger charge is -2.00. The number of carboxylic acids is 1. The van der Waals surface area contributed by atoms with Gasteiger partial charge in [0.2, 0.25) is 0 Å². The van der Waals surface area contributed by atoms with Gasteiger partial charge in [-0.25, -0.2) is 4.79 Å². The first kappa shape index (κ1) is 11.8. The van der Waals surface area contributed by atoms with Gasteiger partial charge in [0.15, 0.2) is 0 Å². The first-order chi connectivity index (χ1) is 8.66. The third-order valence-corrected chi connectivity index (χ3v) is 2.24. The van der Waals surface area contributed by atoms with Gasteiger partial charge in [-0.2, -0.15) is 5.11 Å². The normalized spacial score (nSPS) is 10.7. The van der Waals surface area contributed by atoms with Crippen molar-refractivity contribution >= 4 is 17.3 Å². The van der Waals surface area contributed by atoms with Gasteiger partial charge in [0.1, 0.15) is 11.4 Å². The fourth-order valence-corrected chi connectivity index (χ4v) is 1.39. The highest BCUT2D eigenvalue weighted by molar-refractivity contribution is 5.93. The number of rotatable bonds is 3. The minimum atomic E-state index is -1.11. The summed E-state index contributed by atoms with van der Waals surface area (Å²) in [5, 5.41) is 26.0. The Bertz CT molecular complexity index is 594. The Morgan fingerprint density at radius 2 is 1.72 bits per heavy atom. The molecule has 0 atom stereocenters. The summed E-state index contributed by atoms with van der Waals surface area (Å²) in [4.78, 5) is 11.0. The van der Waals surface area contributed by atoms with Crippen LogP contribution in [-0.2, 0) is 0 Å². The topological polar surface area (TPSA) is 82.2 Å². The van der Waals surface area contributed by atoms with E-state index < -0.39 is 5.97 Å². The summed E-state index contributed by atoms with van der Waals surface area (Å²) in [7, 11) is 0. The number of hydrogen-bond donors (Lipinski definition) is 2. The highest BCUT2D eigenvalue weighted by atomic mass is 16.4. The zero-order chi connectivity index (χ0) is 13.0. The van der Waals surface area contributed by atoms with Crippen LogP contribution in [0.2, 0.25) is 0 Å². The molecule has 0 radical (unpaired) electrons. The van der Waals surface area contributed by atoms with Crippen LogP contribution < -0.4 is 0 Å². The summed E-state index contributed by atoms with van der Waals surface area (Å²) in [6.07, 6.45) is 0. The Labute approximate surface area is 103 Å². The third kappa shape index (κ3) is 2.70. The zero-order valence-corrected chi connectivity index (χ0v) is 9.32. The zero-order valence-electron chi connectivity index (χ0n) is 9.32. The molecule has 0 saturated heterocycles. The predicted molar refractivity (Wildman–Crippen MR) is 65.7 cm³/mol. The van der Waals surface area contributed by atoms with Gasteiger partial charge in [0, 0.05) is 6.07 Å². The van der Waals surface area contributed by atoms with Crippen molar-refractivity contribution in [2.45, 2.75) is 0 Å². The molecule has 2 aromatic carbocycles. The molecule has 0 amide bonds. The molecule has 90 valence electrons. The number of aromatic hydroxyl groups is 1. The van der Waals surface area contributed by atoms with E-state index in [1.165, 1.54) is 18.2 Å². The quantitative estimate of drug-likeness (QED) is 0.808. The number of phenolic OH excluding ortho intramolecular Hbond substituents is 1. The molecule has 0 spiro atoms. The Morgan fingerprint density at radius 1 is 1.00 bits per heavy atom. The van der Waals surface area contributed by atoms with Crippen LogP contribution in [0.15, 0.2) is 58.8 Å². The summed E-state index contributed by atoms with van der Waals surface area (Å²) in [5.74, 6) is -1.17. The average Bonchev–Trinajstić information content (AvgIpc) is 2.37. The summed E-state index contributed by atoms with van der Waals surface area (Å²) in [5.41, 5.74) is 0.719. The van der Waals surface area contributed by atoms with E-state index in [0.717, 1.165) is 0 Å². The van der Waals surface area contributed by atoms with Crippen LogP contribution in [0.5, 0.6) is 5.75 Å². The maximum atomic E-state index is 11.0. The van der Waals surface area contributed by atoms with Crippen molar-refractivity contribution in [3.8, 4) is 5.75 Å². The van der Waals surface area contributed by atoms with Gasteiger partial charge in [0.25, 0.3) is 0 Å². The standard InChI is InChI=1S/C13H10N2O3/c16-10-6-7-11(13(17)18)12(8-10)15-14-9-4-2-1-3-5-9/h1-8,16H,(H,17,18). The lowest BCUT2D eigenvalue weighted by atomic mass is 10.2. The Kier molecular flexibility index (Phi) is 3.33. The number of nitrogens with zero attached hydrogens (tertiary/aromatic N) is 2. The van der Waals surface area contributed by atoms with Crippen LogP contribution in [-0.4, -0.2) is 16.2 Å². The number of phenols is 1. The fourth-order valence-electron chi connectivity index (χ4n) is 1.39. The lowest BCUT2D eigenvalue weighted by molar-refractivity contribution is 0.0698. The predicted octanol–water partition coefficient (Wildman–Crippen LogP) is 3.51. The number of aromatic carboxylic acids is 1. The smallest absolute Gasteiger partial charge is 0.337 e. The van der Waals surface area contributed by atoms with Crippen molar-refractivity contribution in [2.75, 3.05) is 0 Å². The summed E-state index contributed by atoms with van der Waals surface area (Å²) in [6, 6.07) is 12.8. The maximum absolute atomic E-state index is 11.0. The van der Waals surface area contributed by atoms with Crippen molar-refractivity contribution in [1.29, 1.82) is 0 Å². The first-order valence-corrected chi connectivity index (χ1v) is 5.20. The Hall–Kier alpha value is -2.69. The van der Waals surface area contributed by atoms with Crippen LogP contribution in [0.1, 0.15) is 10.4 Å². The second kappa shape index (κ2) is 5.09. The number of carboxylic acid groups (broad SMARTS) is 1. The van der Waals surface area contributed by atoms with Crippen LogP contribution in [0, 0.1) is 0 Å². The molecule has 2 aromatic rings. The molecule has 0 aliphatic rings. The molecule has 0 fully saturated rings. The first-order valence-electron chi connectivity index (χ1n) is 5.20. The van der Waals surface area contributed by atoms with Gasteiger partial charge < -0.3 is 10.2 Å². The molecule has 0 aliphatic carbocycles. The minimum Gasteiger partial charge on any atom is -0.508 e. The van der Waals surface area contributed by atoms with E-state index in [2.05, 4.69) is 10.2 Å². The maximum Gasteiger partial charge on any atom is 0.337 e. The minimum absolute atomic E-state index is 0.00696. The van der Waals surface area contributed by atoms with Crippen LogP contribution in [0.25, 0.3) is 0 Å². The fraction of sp³-hybridized carbons (Fsp3) is 0. The molecule has 5 heteroatoms. The van der Waals surface area contributed by atoms with Crippen LogP contribution >= 0.6 is 0 Å². The van der Waals surface area contributed by atoms with E-state index in [1.54, 1.807) is 24.3 Å². The summed E-state index contributed by atoms with van der Waals surface area (Å²) >= 11 is 0. The molecule has 5 nitrogen and oxygen atoms in total. The monoisotopic (exact) mass is 242 g/mol. The van der Waals surface area contributed by atoms with Gasteiger partial charge in [0.05, 0.1) is 11.3 Å². The van der Waals surface area contributed by atoms with Gasteiger partial charge in [-0.15, -0.1) is 5.11 Å². The number of azo groups is 1. The van der Waals surface area contributed by atoms with E-state index in [9.17, 15) is 9.90 Å². The second-order valence-electron chi connectivity index (χ2n) is 3.54.